The van der Waals surface area contributed by atoms with Gasteiger partial charge in [0, 0.05) is 9.82 Å². The maximum absolute atomic E-state index is 9.17. The van der Waals surface area contributed by atoms with Gasteiger partial charge in [0.25, 0.3) is 0 Å². The van der Waals surface area contributed by atoms with Crippen LogP contribution in [-0.4, -0.2) is 46.7 Å². The van der Waals surface area contributed by atoms with E-state index in [0.717, 1.165) is 0 Å². The molecular weight excluding hydrogens is 192 g/mol. The Balaban J connectivity index is 4.07. The van der Waals surface area contributed by atoms with Crippen molar-refractivity contribution in [1.82, 2.24) is 0 Å². The number of aliphatic hydroxyl groups is 3. The van der Waals surface area contributed by atoms with Crippen molar-refractivity contribution < 1.29 is 15.3 Å². The third kappa shape index (κ3) is 4.51. The van der Waals surface area contributed by atoms with Crippen LogP contribution in [0.15, 0.2) is 10.2 Å². The first-order chi connectivity index (χ1) is 6.63. The summed E-state index contributed by atoms with van der Waals surface area (Å²) in [6.07, 6.45) is -4.27. The van der Waals surface area contributed by atoms with Crippen LogP contribution in [-0.2, 0) is 0 Å². The Morgan fingerprint density at radius 3 is 1.57 bits per heavy atom. The van der Waals surface area contributed by atoms with E-state index in [1.807, 2.05) is 0 Å². The van der Waals surface area contributed by atoms with Crippen LogP contribution < -0.4 is 0 Å². The van der Waals surface area contributed by atoms with Crippen LogP contribution >= 0.6 is 0 Å². The molecule has 78 valence electrons. The highest BCUT2D eigenvalue weighted by molar-refractivity contribution is 4.78. The Morgan fingerprint density at radius 2 is 1.29 bits per heavy atom. The molecule has 0 aliphatic heterocycles. The van der Waals surface area contributed by atoms with Crippen molar-refractivity contribution in [3.05, 3.63) is 20.9 Å². The second-order valence-corrected chi connectivity index (χ2v) is 2.45. The van der Waals surface area contributed by atoms with Crippen molar-refractivity contribution in [2.45, 2.75) is 18.3 Å². The van der Waals surface area contributed by atoms with Crippen LogP contribution in [0, 0.1) is 0 Å². The molecule has 0 saturated heterocycles. The van der Waals surface area contributed by atoms with Gasteiger partial charge in [0.05, 0.1) is 25.3 Å². The quantitative estimate of drug-likeness (QED) is 0.306. The summed E-state index contributed by atoms with van der Waals surface area (Å²) in [5.41, 5.74) is 15.8. The molecule has 0 heterocycles. The fraction of sp³-hybridized carbons (Fsp3) is 1.00. The molecular formula is C5H10N6O3. The Labute approximate surface area is 78.8 Å². The average Bonchev–Trinajstić information content (AvgIpc) is 2.21. The van der Waals surface area contributed by atoms with Crippen LogP contribution in [0.1, 0.15) is 0 Å². The minimum atomic E-state index is -1.51. The highest BCUT2D eigenvalue weighted by atomic mass is 16.4. The molecule has 0 radical (unpaired) electrons. The SMILES string of the molecule is [N-]=[N+]=NC[C@@H](O)C(O)[C@@H](O)CN=[N+]=[N-]. The third-order valence-electron chi connectivity index (χ3n) is 1.45. The molecule has 0 saturated carbocycles. The van der Waals surface area contributed by atoms with Crippen molar-refractivity contribution in [2.24, 2.45) is 10.2 Å². The minimum Gasteiger partial charge on any atom is -0.390 e. The zero-order valence-electron chi connectivity index (χ0n) is 7.17. The fourth-order valence-corrected chi connectivity index (χ4v) is 0.713. The van der Waals surface area contributed by atoms with Gasteiger partial charge in [-0.05, 0) is 11.1 Å². The lowest BCUT2D eigenvalue weighted by Crippen LogP contribution is -2.40. The summed E-state index contributed by atoms with van der Waals surface area (Å²) in [4.78, 5) is 4.74. The Morgan fingerprint density at radius 1 is 0.929 bits per heavy atom. The van der Waals surface area contributed by atoms with Gasteiger partial charge in [0.2, 0.25) is 0 Å². The average molecular weight is 202 g/mol. The predicted octanol–water partition coefficient (Wildman–Crippen LogP) is -0.310. The molecule has 0 aromatic heterocycles. The van der Waals surface area contributed by atoms with Crippen LogP contribution in [0.2, 0.25) is 0 Å². The maximum Gasteiger partial charge on any atom is 0.106 e. The highest BCUT2D eigenvalue weighted by Gasteiger charge is 2.23. The summed E-state index contributed by atoms with van der Waals surface area (Å²) in [5, 5.41) is 33.4. The monoisotopic (exact) mass is 202 g/mol. The maximum atomic E-state index is 9.17. The normalized spacial score (nSPS) is 15.9. The molecule has 1 unspecified atom stereocenters. The van der Waals surface area contributed by atoms with Gasteiger partial charge in [-0.1, -0.05) is 10.2 Å². The van der Waals surface area contributed by atoms with E-state index in [0.29, 0.717) is 0 Å². The van der Waals surface area contributed by atoms with E-state index in [-0.39, 0.29) is 13.1 Å². The lowest BCUT2D eigenvalue weighted by atomic mass is 10.1. The Hall–Kier alpha value is -1.50. The minimum absolute atomic E-state index is 0.356. The fourth-order valence-electron chi connectivity index (χ4n) is 0.713. The van der Waals surface area contributed by atoms with E-state index in [1.54, 1.807) is 0 Å². The van der Waals surface area contributed by atoms with Crippen molar-refractivity contribution in [3.63, 3.8) is 0 Å². The zero-order chi connectivity index (χ0) is 11.0. The number of aliphatic hydroxyl groups excluding tert-OH is 3. The molecule has 0 aromatic carbocycles. The molecule has 0 aromatic rings. The van der Waals surface area contributed by atoms with Gasteiger partial charge < -0.3 is 15.3 Å². The first-order valence-corrected chi connectivity index (χ1v) is 3.69. The molecule has 9 nitrogen and oxygen atoms in total. The van der Waals surface area contributed by atoms with Gasteiger partial charge in [-0.15, -0.1) is 0 Å². The molecule has 0 rings (SSSR count). The molecule has 0 bridgehead atoms. The van der Waals surface area contributed by atoms with Crippen LogP contribution in [0.5, 0.6) is 0 Å². The van der Waals surface area contributed by atoms with Gasteiger partial charge >= 0.3 is 0 Å². The predicted molar refractivity (Wildman–Crippen MR) is 46.0 cm³/mol. The number of hydrogen-bond donors (Lipinski definition) is 3. The second kappa shape index (κ2) is 6.96. The summed E-state index contributed by atoms with van der Waals surface area (Å²) < 4.78 is 0. The molecule has 0 spiro atoms. The van der Waals surface area contributed by atoms with Gasteiger partial charge in [-0.3, -0.25) is 0 Å². The van der Waals surface area contributed by atoms with Crippen molar-refractivity contribution >= 4 is 0 Å². The number of azide groups is 2. The zero-order valence-corrected chi connectivity index (χ0v) is 7.17. The second-order valence-electron chi connectivity index (χ2n) is 2.45. The molecule has 3 atom stereocenters. The summed E-state index contributed by atoms with van der Waals surface area (Å²) >= 11 is 0. The first kappa shape index (κ1) is 12.5. The van der Waals surface area contributed by atoms with E-state index in [2.05, 4.69) is 20.1 Å². The van der Waals surface area contributed by atoms with E-state index < -0.39 is 18.3 Å². The Bertz CT molecular complexity index is 232. The third-order valence-corrected chi connectivity index (χ3v) is 1.45. The lowest BCUT2D eigenvalue weighted by Gasteiger charge is -2.19. The summed E-state index contributed by atoms with van der Waals surface area (Å²) in [6, 6.07) is 0. The molecule has 3 N–H and O–H groups in total. The Kier molecular flexibility index (Phi) is 6.21. The van der Waals surface area contributed by atoms with Gasteiger partial charge in [-0.25, -0.2) is 0 Å². The molecule has 0 aliphatic rings. The van der Waals surface area contributed by atoms with Crippen molar-refractivity contribution in [1.29, 1.82) is 0 Å². The van der Waals surface area contributed by atoms with E-state index >= 15 is 0 Å². The van der Waals surface area contributed by atoms with Gasteiger partial charge in [0.15, 0.2) is 0 Å². The highest BCUT2D eigenvalue weighted by Crippen LogP contribution is 2.01. The van der Waals surface area contributed by atoms with Crippen LogP contribution in [0.25, 0.3) is 20.9 Å². The van der Waals surface area contributed by atoms with Crippen LogP contribution in [0.4, 0.5) is 0 Å². The van der Waals surface area contributed by atoms with Gasteiger partial charge in [-0.2, -0.15) is 0 Å². The first-order valence-electron chi connectivity index (χ1n) is 3.69. The van der Waals surface area contributed by atoms with E-state index in [1.165, 1.54) is 0 Å². The molecule has 0 fully saturated rings. The smallest absolute Gasteiger partial charge is 0.106 e. The standard InChI is InChI=1S/C5H10N6O3/c6-10-8-1-3(12)5(14)4(13)2-9-11-7/h3-5,12-14H,1-2H2/t3-,4+,5?. The number of rotatable bonds is 6. The van der Waals surface area contributed by atoms with Crippen molar-refractivity contribution in [2.75, 3.05) is 13.1 Å². The number of nitrogens with zero attached hydrogens (tertiary/aromatic N) is 6. The molecule has 14 heavy (non-hydrogen) atoms. The van der Waals surface area contributed by atoms with E-state index in [4.69, 9.17) is 21.3 Å². The summed E-state index contributed by atoms with van der Waals surface area (Å²) in [7, 11) is 0. The topological polar surface area (TPSA) is 158 Å². The molecule has 0 aliphatic carbocycles. The van der Waals surface area contributed by atoms with Crippen LogP contribution in [0.3, 0.4) is 0 Å². The lowest BCUT2D eigenvalue weighted by molar-refractivity contribution is -0.0508. The summed E-state index contributed by atoms with van der Waals surface area (Å²) in [6.45, 7) is -0.712. The largest absolute Gasteiger partial charge is 0.390 e. The van der Waals surface area contributed by atoms with Crippen molar-refractivity contribution in [3.8, 4) is 0 Å². The summed E-state index contributed by atoms with van der Waals surface area (Å²) in [5.74, 6) is 0. The number of hydrogen-bond acceptors (Lipinski definition) is 5. The molecule has 9 heteroatoms. The van der Waals surface area contributed by atoms with E-state index in [9.17, 15) is 5.11 Å². The molecule has 0 amide bonds. The van der Waals surface area contributed by atoms with Gasteiger partial charge in [0.1, 0.15) is 6.10 Å².